The fourth-order valence-electron chi connectivity index (χ4n) is 4.40. The maximum Gasteiger partial charge on any atom is 0.238 e. The highest BCUT2D eigenvalue weighted by Crippen LogP contribution is 2.44. The molecule has 2 heterocycles. The lowest BCUT2D eigenvalue weighted by atomic mass is 9.84. The molecule has 4 rings (SSSR count). The molecular formula is C20H23ClN4O. The van der Waals surface area contributed by atoms with Crippen LogP contribution in [0.3, 0.4) is 0 Å². The van der Waals surface area contributed by atoms with Gasteiger partial charge in [0.05, 0.1) is 12.1 Å². The first-order chi connectivity index (χ1) is 12.2. The molecule has 1 saturated carbocycles. The monoisotopic (exact) mass is 370 g/mol. The van der Waals surface area contributed by atoms with Crippen LogP contribution in [0, 0.1) is 16.7 Å². The Morgan fingerprint density at radius 1 is 1.31 bits per heavy atom. The van der Waals surface area contributed by atoms with Gasteiger partial charge in [-0.3, -0.25) is 9.78 Å². The summed E-state index contributed by atoms with van der Waals surface area (Å²) in [5, 5.41) is 17.8. The molecule has 2 unspecified atom stereocenters. The van der Waals surface area contributed by atoms with E-state index in [0.717, 1.165) is 29.3 Å². The van der Waals surface area contributed by atoms with Gasteiger partial charge in [-0.05, 0) is 30.1 Å². The minimum absolute atomic E-state index is 0. The molecule has 1 aliphatic carbocycles. The molecule has 1 saturated heterocycles. The van der Waals surface area contributed by atoms with Crippen molar-refractivity contribution in [3.63, 3.8) is 0 Å². The van der Waals surface area contributed by atoms with E-state index < -0.39 is 6.04 Å². The lowest BCUT2D eigenvalue weighted by Crippen LogP contribution is -2.41. The van der Waals surface area contributed by atoms with Crippen molar-refractivity contribution >= 4 is 29.1 Å². The van der Waals surface area contributed by atoms with Crippen LogP contribution >= 0.6 is 12.4 Å². The lowest BCUT2D eigenvalue weighted by Gasteiger charge is -2.21. The fourth-order valence-corrected chi connectivity index (χ4v) is 4.40. The van der Waals surface area contributed by atoms with Crippen LogP contribution in [0.15, 0.2) is 36.7 Å². The molecule has 2 N–H and O–H groups in total. The average Bonchev–Trinajstić information content (AvgIpc) is 3.29. The number of nitriles is 1. The number of nitrogens with zero attached hydrogens (tertiary/aromatic N) is 2. The number of carbonyl (C=O) groups excluding carboxylic acids is 1. The van der Waals surface area contributed by atoms with Crippen molar-refractivity contribution in [2.45, 2.75) is 44.2 Å². The summed E-state index contributed by atoms with van der Waals surface area (Å²) in [7, 11) is 0. The Kier molecular flexibility index (Phi) is 5.45. The smallest absolute Gasteiger partial charge is 0.238 e. The fraction of sp³-hybridized carbons (Fsp3) is 0.450. The highest BCUT2D eigenvalue weighted by molar-refractivity contribution is 5.87. The van der Waals surface area contributed by atoms with Crippen molar-refractivity contribution in [2.24, 2.45) is 5.41 Å². The third kappa shape index (κ3) is 3.40. The van der Waals surface area contributed by atoms with Gasteiger partial charge in [-0.25, -0.2) is 0 Å². The van der Waals surface area contributed by atoms with E-state index in [0.29, 0.717) is 5.41 Å². The molecule has 1 aromatic heterocycles. The topological polar surface area (TPSA) is 77.8 Å². The molecule has 2 atom stereocenters. The Morgan fingerprint density at radius 3 is 2.85 bits per heavy atom. The van der Waals surface area contributed by atoms with Gasteiger partial charge in [0.25, 0.3) is 0 Å². The van der Waals surface area contributed by atoms with Crippen molar-refractivity contribution in [1.29, 1.82) is 5.26 Å². The van der Waals surface area contributed by atoms with E-state index in [1.54, 1.807) is 12.4 Å². The summed E-state index contributed by atoms with van der Waals surface area (Å²) in [5.74, 6) is -0.0803. The number of hydrogen-bond acceptors (Lipinski definition) is 4. The molecule has 1 aromatic carbocycles. The van der Waals surface area contributed by atoms with Crippen molar-refractivity contribution < 1.29 is 4.79 Å². The minimum Gasteiger partial charge on any atom is -0.335 e. The summed E-state index contributed by atoms with van der Waals surface area (Å²) in [6.45, 7) is 0.915. The van der Waals surface area contributed by atoms with Crippen LogP contribution in [0.5, 0.6) is 0 Å². The first-order valence-electron chi connectivity index (χ1n) is 8.97. The van der Waals surface area contributed by atoms with Crippen molar-refractivity contribution in [3.8, 4) is 6.07 Å². The van der Waals surface area contributed by atoms with Crippen molar-refractivity contribution in [2.75, 3.05) is 6.54 Å². The normalized spacial score (nSPS) is 21.9. The molecule has 2 aromatic rings. The summed E-state index contributed by atoms with van der Waals surface area (Å²) in [6.07, 6.45) is 9.27. The molecule has 6 heteroatoms. The number of carbonyl (C=O) groups is 1. The Hall–Kier alpha value is -2.16. The minimum atomic E-state index is -0.687. The SMILES string of the molecule is Cl.N#CC(NC(=O)C1CC2(CCCC2)CN1)c1cncc2ccccc12. The first kappa shape index (κ1) is 18.6. The maximum absolute atomic E-state index is 12.7. The Balaban J connectivity index is 0.00000196. The summed E-state index contributed by atoms with van der Waals surface area (Å²) >= 11 is 0. The van der Waals surface area contributed by atoms with E-state index in [1.165, 1.54) is 25.7 Å². The highest BCUT2D eigenvalue weighted by Gasteiger charge is 2.43. The second kappa shape index (κ2) is 7.61. The van der Waals surface area contributed by atoms with Gasteiger partial charge in [-0.15, -0.1) is 12.4 Å². The third-order valence-electron chi connectivity index (χ3n) is 5.77. The summed E-state index contributed by atoms with van der Waals surface area (Å²) < 4.78 is 0. The van der Waals surface area contributed by atoms with E-state index in [-0.39, 0.29) is 24.4 Å². The molecule has 0 bridgehead atoms. The van der Waals surface area contributed by atoms with Crippen LogP contribution in [0.1, 0.15) is 43.7 Å². The number of rotatable bonds is 3. The Bertz CT molecular complexity index is 836. The van der Waals surface area contributed by atoms with E-state index >= 15 is 0 Å². The average molecular weight is 371 g/mol. The van der Waals surface area contributed by atoms with Gasteiger partial charge in [-0.2, -0.15) is 5.26 Å². The predicted octanol–water partition coefficient (Wildman–Crippen LogP) is 3.26. The van der Waals surface area contributed by atoms with Crippen molar-refractivity contribution in [3.05, 3.63) is 42.2 Å². The highest BCUT2D eigenvalue weighted by atomic mass is 35.5. The summed E-state index contributed by atoms with van der Waals surface area (Å²) in [6, 6.07) is 9.14. The molecule has 1 aliphatic heterocycles. The molecule has 136 valence electrons. The zero-order valence-electron chi connectivity index (χ0n) is 14.6. The number of fused-ring (bicyclic) bond motifs is 1. The number of pyridine rings is 1. The molecular weight excluding hydrogens is 348 g/mol. The first-order valence-corrected chi connectivity index (χ1v) is 8.97. The van der Waals surface area contributed by atoms with Crippen LogP contribution in [0.4, 0.5) is 0 Å². The number of benzene rings is 1. The van der Waals surface area contributed by atoms with E-state index in [4.69, 9.17) is 0 Å². The van der Waals surface area contributed by atoms with E-state index in [1.807, 2.05) is 24.3 Å². The Labute approximate surface area is 159 Å². The standard InChI is InChI=1S/C20H22N4O.ClH/c21-10-18(16-12-22-11-14-5-1-2-6-15(14)16)24-19(25)17-9-20(13-23-17)7-3-4-8-20;/h1-2,5-6,11-12,17-18,23H,3-4,7-9,13H2,(H,24,25);1H. The van der Waals surface area contributed by atoms with Crippen LogP contribution in [-0.2, 0) is 4.79 Å². The molecule has 2 fully saturated rings. The van der Waals surface area contributed by atoms with Crippen LogP contribution in [0.2, 0.25) is 0 Å². The van der Waals surface area contributed by atoms with Gasteiger partial charge >= 0.3 is 0 Å². The van der Waals surface area contributed by atoms with Gasteiger partial charge in [0.15, 0.2) is 0 Å². The molecule has 26 heavy (non-hydrogen) atoms. The molecule has 0 radical (unpaired) electrons. The third-order valence-corrected chi connectivity index (χ3v) is 5.77. The number of nitrogens with one attached hydrogen (secondary N) is 2. The summed E-state index contributed by atoms with van der Waals surface area (Å²) in [5.41, 5.74) is 1.05. The molecule has 2 aliphatic rings. The van der Waals surface area contributed by atoms with E-state index in [9.17, 15) is 10.1 Å². The quantitative estimate of drug-likeness (QED) is 0.869. The number of halogens is 1. The van der Waals surface area contributed by atoms with Gasteiger partial charge in [0.1, 0.15) is 6.04 Å². The Morgan fingerprint density at radius 2 is 2.08 bits per heavy atom. The van der Waals surface area contributed by atoms with Crippen LogP contribution in [0.25, 0.3) is 10.8 Å². The summed E-state index contributed by atoms with van der Waals surface area (Å²) in [4.78, 5) is 16.9. The largest absolute Gasteiger partial charge is 0.335 e. The number of aromatic nitrogens is 1. The number of amides is 1. The molecule has 1 amide bonds. The predicted molar refractivity (Wildman–Crippen MR) is 103 cm³/mol. The van der Waals surface area contributed by atoms with E-state index in [2.05, 4.69) is 21.7 Å². The molecule has 5 nitrogen and oxygen atoms in total. The van der Waals surface area contributed by atoms with Crippen LogP contribution in [-0.4, -0.2) is 23.5 Å². The van der Waals surface area contributed by atoms with Gasteiger partial charge < -0.3 is 10.6 Å². The number of hydrogen-bond donors (Lipinski definition) is 2. The second-order valence-electron chi connectivity index (χ2n) is 7.37. The van der Waals surface area contributed by atoms with Gasteiger partial charge in [-0.1, -0.05) is 37.1 Å². The zero-order chi connectivity index (χ0) is 17.3. The second-order valence-corrected chi connectivity index (χ2v) is 7.37. The van der Waals surface area contributed by atoms with Crippen LogP contribution < -0.4 is 10.6 Å². The zero-order valence-corrected chi connectivity index (χ0v) is 15.4. The van der Waals surface area contributed by atoms with Crippen molar-refractivity contribution in [1.82, 2.24) is 15.6 Å². The molecule has 1 spiro atoms. The van der Waals surface area contributed by atoms with Gasteiger partial charge in [0, 0.05) is 29.9 Å². The van der Waals surface area contributed by atoms with Gasteiger partial charge in [0.2, 0.25) is 5.91 Å². The maximum atomic E-state index is 12.7. The lowest BCUT2D eigenvalue weighted by molar-refractivity contribution is -0.123.